The van der Waals surface area contributed by atoms with Crippen LogP contribution in [0.2, 0.25) is 0 Å². The SMILES string of the molecule is CC1=C[C@@H]2O[C@@H]3C[C@@H]4OC(=O)/C=C/C=C\[C@H]([C@@H](C)O)OC[C@H](O)[C@H](C)CC(=O)OC[C@]2(C[C@@H]1O)[C@@]4(C)[C@@]31CO1. The van der Waals surface area contributed by atoms with Crippen molar-refractivity contribution in [2.75, 3.05) is 19.8 Å². The Labute approximate surface area is 228 Å². The van der Waals surface area contributed by atoms with Gasteiger partial charge in [-0.1, -0.05) is 38.2 Å². The van der Waals surface area contributed by atoms with Gasteiger partial charge in [-0.15, -0.1) is 0 Å². The predicted octanol–water partition coefficient (Wildman–Crippen LogP) is 1.36. The van der Waals surface area contributed by atoms with E-state index in [2.05, 4.69) is 0 Å². The van der Waals surface area contributed by atoms with E-state index in [9.17, 15) is 24.9 Å². The molecule has 0 aromatic carbocycles. The zero-order valence-electron chi connectivity index (χ0n) is 22.9. The van der Waals surface area contributed by atoms with E-state index in [-0.39, 0.29) is 32.2 Å². The number of hydrogen-bond donors (Lipinski definition) is 3. The molecule has 216 valence electrons. The molecule has 11 atom stereocenters. The Bertz CT molecular complexity index is 1060. The highest BCUT2D eigenvalue weighted by molar-refractivity contribution is 5.82. The number of allylic oxidation sites excluding steroid dienone is 2. The summed E-state index contributed by atoms with van der Waals surface area (Å²) in [7, 11) is 0. The standard InChI is InChI=1S/C29H40O10/c1-16-9-23-28(12-19(16)31)14-36-26(34)10-17(2)20(32)13-35-21(18(3)30)7-5-6-8-25(33)39-22-11-24(38-23)29(15-37-29)27(22,28)4/h5-9,17-24,30-32H,10-15H2,1-4H3/b7-5-,8-6+/t17-,18-,19+,20+,21-,22+,23+,24-,27+,28+,29-/m1/s1. The third-order valence-electron chi connectivity index (χ3n) is 9.79. The molecule has 5 rings (SSSR count). The Balaban J connectivity index is 1.52. The molecular weight excluding hydrogens is 508 g/mol. The molecule has 2 spiro atoms. The van der Waals surface area contributed by atoms with Crippen molar-refractivity contribution < 1.29 is 48.6 Å². The summed E-state index contributed by atoms with van der Waals surface area (Å²) >= 11 is 0. The topological polar surface area (TPSA) is 144 Å². The lowest BCUT2D eigenvalue weighted by atomic mass is 9.51. The fourth-order valence-electron chi connectivity index (χ4n) is 7.02. The fraction of sp³-hybridized carbons (Fsp3) is 0.724. The van der Waals surface area contributed by atoms with E-state index < -0.39 is 70.9 Å². The van der Waals surface area contributed by atoms with Gasteiger partial charge in [0.1, 0.15) is 24.4 Å². The van der Waals surface area contributed by atoms with Crippen LogP contribution in [0, 0.1) is 16.7 Å². The normalized spacial score (nSPS) is 49.0. The molecular formula is C29H40O10. The number of hydrogen-bond acceptors (Lipinski definition) is 10. The van der Waals surface area contributed by atoms with E-state index >= 15 is 0 Å². The van der Waals surface area contributed by atoms with Gasteiger partial charge in [-0.05, 0) is 31.8 Å². The van der Waals surface area contributed by atoms with Crippen molar-refractivity contribution in [1.29, 1.82) is 0 Å². The van der Waals surface area contributed by atoms with Crippen LogP contribution < -0.4 is 0 Å². The van der Waals surface area contributed by atoms with Crippen LogP contribution in [-0.2, 0) is 33.3 Å². The first-order valence-corrected chi connectivity index (χ1v) is 13.8. The van der Waals surface area contributed by atoms with Gasteiger partial charge in [0.15, 0.2) is 0 Å². The van der Waals surface area contributed by atoms with Gasteiger partial charge < -0.3 is 39.0 Å². The molecule has 2 aliphatic carbocycles. The summed E-state index contributed by atoms with van der Waals surface area (Å²) in [5, 5.41) is 31.7. The molecule has 0 radical (unpaired) electrons. The van der Waals surface area contributed by atoms with Gasteiger partial charge in [-0.3, -0.25) is 4.79 Å². The van der Waals surface area contributed by atoms with Crippen LogP contribution in [-0.4, -0.2) is 95.4 Å². The molecule has 39 heavy (non-hydrogen) atoms. The Kier molecular flexibility index (Phi) is 7.58. The molecule has 3 fully saturated rings. The molecule has 2 saturated heterocycles. The van der Waals surface area contributed by atoms with E-state index in [1.807, 2.05) is 19.9 Å². The summed E-state index contributed by atoms with van der Waals surface area (Å²) in [4.78, 5) is 26.0. The molecule has 5 aliphatic rings. The fourth-order valence-corrected chi connectivity index (χ4v) is 7.02. The van der Waals surface area contributed by atoms with Gasteiger partial charge in [-0.2, -0.15) is 0 Å². The highest BCUT2D eigenvalue weighted by atomic mass is 16.6. The molecule has 0 amide bonds. The number of carbonyl (C=O) groups is 2. The number of epoxide rings is 1. The van der Waals surface area contributed by atoms with Crippen LogP contribution >= 0.6 is 0 Å². The van der Waals surface area contributed by atoms with Gasteiger partial charge in [-0.25, -0.2) is 4.79 Å². The van der Waals surface area contributed by atoms with Crippen LogP contribution in [0.25, 0.3) is 0 Å². The molecule has 2 bridgehead atoms. The Morgan fingerprint density at radius 1 is 1.13 bits per heavy atom. The van der Waals surface area contributed by atoms with Crippen molar-refractivity contribution in [2.45, 2.75) is 95.3 Å². The van der Waals surface area contributed by atoms with Gasteiger partial charge in [0.2, 0.25) is 0 Å². The maximum atomic E-state index is 13.1. The number of cyclic esters (lactones) is 1. The molecule has 1 saturated carbocycles. The minimum absolute atomic E-state index is 0.0547. The van der Waals surface area contributed by atoms with Crippen molar-refractivity contribution in [1.82, 2.24) is 0 Å². The number of aliphatic hydroxyl groups excluding tert-OH is 3. The van der Waals surface area contributed by atoms with E-state index in [0.29, 0.717) is 13.0 Å². The number of aliphatic hydroxyl groups is 3. The average molecular weight is 549 g/mol. The zero-order chi connectivity index (χ0) is 28.2. The Morgan fingerprint density at radius 2 is 1.87 bits per heavy atom. The van der Waals surface area contributed by atoms with Crippen LogP contribution in [0.5, 0.6) is 0 Å². The van der Waals surface area contributed by atoms with Crippen molar-refractivity contribution in [3.05, 3.63) is 36.0 Å². The lowest BCUT2D eigenvalue weighted by Gasteiger charge is -2.58. The maximum absolute atomic E-state index is 13.1. The molecule has 10 nitrogen and oxygen atoms in total. The number of esters is 2. The maximum Gasteiger partial charge on any atom is 0.331 e. The van der Waals surface area contributed by atoms with Gasteiger partial charge >= 0.3 is 11.9 Å². The largest absolute Gasteiger partial charge is 0.465 e. The van der Waals surface area contributed by atoms with Crippen molar-refractivity contribution in [3.63, 3.8) is 0 Å². The predicted molar refractivity (Wildman–Crippen MR) is 137 cm³/mol. The van der Waals surface area contributed by atoms with Crippen molar-refractivity contribution in [3.8, 4) is 0 Å². The van der Waals surface area contributed by atoms with Crippen molar-refractivity contribution in [2.24, 2.45) is 16.7 Å². The Hall–Kier alpha value is -2.08. The zero-order valence-corrected chi connectivity index (χ0v) is 22.9. The minimum Gasteiger partial charge on any atom is -0.465 e. The minimum atomic E-state index is -0.969. The molecule has 10 heteroatoms. The van der Waals surface area contributed by atoms with Crippen LogP contribution in [0.4, 0.5) is 0 Å². The first kappa shape index (κ1) is 28.4. The van der Waals surface area contributed by atoms with E-state index in [4.69, 9.17) is 23.7 Å². The monoisotopic (exact) mass is 548 g/mol. The lowest BCUT2D eigenvalue weighted by Crippen LogP contribution is -2.68. The highest BCUT2D eigenvalue weighted by Crippen LogP contribution is 2.72. The number of ether oxygens (including phenoxy) is 5. The number of rotatable bonds is 1. The smallest absolute Gasteiger partial charge is 0.331 e. The molecule has 0 aromatic heterocycles. The summed E-state index contributed by atoms with van der Waals surface area (Å²) in [5.41, 5.74) is -1.66. The molecule has 0 aromatic rings. The van der Waals surface area contributed by atoms with E-state index in [1.54, 1.807) is 26.0 Å². The highest BCUT2D eigenvalue weighted by Gasteiger charge is 2.83. The second kappa shape index (κ2) is 10.4. The van der Waals surface area contributed by atoms with Crippen LogP contribution in [0.3, 0.4) is 0 Å². The summed E-state index contributed by atoms with van der Waals surface area (Å²) in [6.07, 6.45) is 3.77. The first-order chi connectivity index (χ1) is 18.4. The van der Waals surface area contributed by atoms with E-state index in [1.165, 1.54) is 12.2 Å². The lowest BCUT2D eigenvalue weighted by molar-refractivity contribution is -0.239. The summed E-state index contributed by atoms with van der Waals surface area (Å²) in [5.74, 6) is -1.53. The molecule has 0 unspecified atom stereocenters. The van der Waals surface area contributed by atoms with E-state index in [0.717, 1.165) is 5.57 Å². The molecule has 3 N–H and O–H groups in total. The van der Waals surface area contributed by atoms with Gasteiger partial charge in [0.05, 0.1) is 55.6 Å². The number of carbonyl (C=O) groups excluding carboxylic acids is 2. The first-order valence-electron chi connectivity index (χ1n) is 13.8. The quantitative estimate of drug-likeness (QED) is 0.250. The summed E-state index contributed by atoms with van der Waals surface area (Å²) in [6.45, 7) is 7.40. The molecule has 3 aliphatic heterocycles. The Morgan fingerprint density at radius 3 is 2.56 bits per heavy atom. The second-order valence-corrected chi connectivity index (χ2v) is 12.1. The van der Waals surface area contributed by atoms with Crippen molar-refractivity contribution >= 4 is 11.9 Å². The summed E-state index contributed by atoms with van der Waals surface area (Å²) < 4.78 is 30.2. The average Bonchev–Trinajstić information content (AvgIpc) is 3.65. The summed E-state index contributed by atoms with van der Waals surface area (Å²) in [6, 6.07) is 0. The third kappa shape index (κ3) is 4.69. The molecule has 3 heterocycles. The van der Waals surface area contributed by atoms with Gasteiger partial charge in [0.25, 0.3) is 0 Å². The third-order valence-corrected chi connectivity index (χ3v) is 9.79. The van der Waals surface area contributed by atoms with Crippen LogP contribution in [0.1, 0.15) is 47.0 Å². The van der Waals surface area contributed by atoms with Gasteiger partial charge in [0, 0.05) is 17.9 Å². The second-order valence-electron chi connectivity index (χ2n) is 12.1. The van der Waals surface area contributed by atoms with Crippen LogP contribution in [0.15, 0.2) is 36.0 Å².